The quantitative estimate of drug-likeness (QED) is 0.782. The van der Waals surface area contributed by atoms with E-state index in [9.17, 15) is 4.79 Å². The van der Waals surface area contributed by atoms with Crippen LogP contribution in [0, 0.1) is 0 Å². The molecule has 0 aliphatic carbocycles. The maximum absolute atomic E-state index is 11.9. The molecule has 0 saturated heterocycles. The Hall–Kier alpha value is -2.96. The van der Waals surface area contributed by atoms with Crippen LogP contribution in [0.15, 0.2) is 47.1 Å². The molecule has 0 atom stereocenters. The summed E-state index contributed by atoms with van der Waals surface area (Å²) >= 11 is 0. The van der Waals surface area contributed by atoms with E-state index in [1.165, 1.54) is 6.20 Å². The molecule has 3 rings (SSSR count). The largest absolute Gasteiger partial charge is 0.419 e. The van der Waals surface area contributed by atoms with Crippen molar-refractivity contribution in [2.75, 3.05) is 0 Å². The zero-order valence-electron chi connectivity index (χ0n) is 11.4. The summed E-state index contributed by atoms with van der Waals surface area (Å²) in [6, 6.07) is 9.46. The third-order valence-electron chi connectivity index (χ3n) is 2.85. The molecule has 1 aromatic carbocycles. The molecular weight excluding hydrogens is 270 g/mol. The predicted molar refractivity (Wildman–Crippen MR) is 74.1 cm³/mol. The second-order valence-corrected chi connectivity index (χ2v) is 4.45. The number of amides is 1. The van der Waals surface area contributed by atoms with Crippen LogP contribution in [0.2, 0.25) is 0 Å². The number of carbonyl (C=O) groups excluding carboxylic acids is 1. The first kappa shape index (κ1) is 13.0. The SMILES string of the molecule is Cn1cc(C(=O)NCc2nnc(-c3ccccc3)o2)cn1. The molecule has 2 heterocycles. The highest BCUT2D eigenvalue weighted by Crippen LogP contribution is 2.16. The van der Waals surface area contributed by atoms with E-state index in [1.807, 2.05) is 30.3 Å². The fourth-order valence-corrected chi connectivity index (χ4v) is 1.82. The molecule has 0 aliphatic rings. The second kappa shape index (κ2) is 5.58. The Bertz CT molecular complexity index is 748. The Kier molecular flexibility index (Phi) is 3.46. The van der Waals surface area contributed by atoms with Crippen LogP contribution in [-0.2, 0) is 13.6 Å². The lowest BCUT2D eigenvalue weighted by Crippen LogP contribution is -2.22. The number of aryl methyl sites for hydroxylation is 1. The molecule has 7 heteroatoms. The van der Waals surface area contributed by atoms with Crippen LogP contribution in [-0.4, -0.2) is 25.9 Å². The highest BCUT2D eigenvalue weighted by Gasteiger charge is 2.11. The van der Waals surface area contributed by atoms with Gasteiger partial charge in [-0.25, -0.2) is 0 Å². The van der Waals surface area contributed by atoms with Crippen molar-refractivity contribution in [1.82, 2.24) is 25.3 Å². The van der Waals surface area contributed by atoms with Crippen LogP contribution in [0.5, 0.6) is 0 Å². The van der Waals surface area contributed by atoms with Gasteiger partial charge in [-0.3, -0.25) is 9.48 Å². The first-order valence-corrected chi connectivity index (χ1v) is 6.37. The number of aromatic nitrogens is 4. The number of hydrogen-bond donors (Lipinski definition) is 1. The van der Waals surface area contributed by atoms with Gasteiger partial charge in [-0.15, -0.1) is 10.2 Å². The van der Waals surface area contributed by atoms with Gasteiger partial charge in [0.15, 0.2) is 0 Å². The average molecular weight is 283 g/mol. The predicted octanol–water partition coefficient (Wildman–Crippen LogP) is 1.40. The van der Waals surface area contributed by atoms with Gasteiger partial charge in [0, 0.05) is 18.8 Å². The fourth-order valence-electron chi connectivity index (χ4n) is 1.82. The van der Waals surface area contributed by atoms with Gasteiger partial charge >= 0.3 is 0 Å². The summed E-state index contributed by atoms with van der Waals surface area (Å²) in [7, 11) is 1.75. The molecule has 1 N–H and O–H groups in total. The molecule has 2 aromatic heterocycles. The van der Waals surface area contributed by atoms with Crippen LogP contribution >= 0.6 is 0 Å². The number of rotatable bonds is 4. The molecule has 3 aromatic rings. The number of hydrogen-bond acceptors (Lipinski definition) is 5. The first-order chi connectivity index (χ1) is 10.2. The summed E-state index contributed by atoms with van der Waals surface area (Å²) in [6.45, 7) is 0.174. The van der Waals surface area contributed by atoms with Crippen molar-refractivity contribution in [2.45, 2.75) is 6.54 Å². The average Bonchev–Trinajstić information content (AvgIpc) is 3.15. The highest BCUT2D eigenvalue weighted by molar-refractivity contribution is 5.93. The minimum absolute atomic E-state index is 0.174. The number of nitrogens with zero attached hydrogens (tertiary/aromatic N) is 4. The first-order valence-electron chi connectivity index (χ1n) is 6.37. The molecular formula is C14H13N5O2. The summed E-state index contributed by atoms with van der Waals surface area (Å²) < 4.78 is 7.07. The van der Waals surface area contributed by atoms with Gasteiger partial charge in [-0.1, -0.05) is 18.2 Å². The van der Waals surface area contributed by atoms with Crippen LogP contribution in [0.3, 0.4) is 0 Å². The number of nitrogens with one attached hydrogen (secondary N) is 1. The lowest BCUT2D eigenvalue weighted by atomic mass is 10.2. The lowest BCUT2D eigenvalue weighted by molar-refractivity contribution is 0.0947. The van der Waals surface area contributed by atoms with Crippen molar-refractivity contribution in [3.63, 3.8) is 0 Å². The molecule has 0 radical (unpaired) electrons. The Morgan fingerprint density at radius 3 is 2.81 bits per heavy atom. The molecule has 0 saturated carbocycles. The second-order valence-electron chi connectivity index (χ2n) is 4.45. The highest BCUT2D eigenvalue weighted by atomic mass is 16.4. The fraction of sp³-hybridized carbons (Fsp3) is 0.143. The molecule has 21 heavy (non-hydrogen) atoms. The molecule has 7 nitrogen and oxygen atoms in total. The number of carbonyl (C=O) groups is 1. The van der Waals surface area contributed by atoms with E-state index in [4.69, 9.17) is 4.42 Å². The minimum Gasteiger partial charge on any atom is -0.419 e. The van der Waals surface area contributed by atoms with Crippen molar-refractivity contribution in [2.24, 2.45) is 7.05 Å². The van der Waals surface area contributed by atoms with Gasteiger partial charge in [-0.05, 0) is 12.1 Å². The zero-order valence-corrected chi connectivity index (χ0v) is 11.4. The van der Waals surface area contributed by atoms with E-state index in [0.717, 1.165) is 5.56 Å². The maximum atomic E-state index is 11.9. The van der Waals surface area contributed by atoms with Gasteiger partial charge in [-0.2, -0.15) is 5.10 Å². The van der Waals surface area contributed by atoms with E-state index in [2.05, 4.69) is 20.6 Å². The smallest absolute Gasteiger partial charge is 0.254 e. The summed E-state index contributed by atoms with van der Waals surface area (Å²) in [5.74, 6) is 0.551. The number of benzene rings is 1. The molecule has 0 fully saturated rings. The third-order valence-corrected chi connectivity index (χ3v) is 2.85. The maximum Gasteiger partial charge on any atom is 0.254 e. The topological polar surface area (TPSA) is 85.8 Å². The molecule has 106 valence electrons. The summed E-state index contributed by atoms with van der Waals surface area (Å²) in [5.41, 5.74) is 1.33. The van der Waals surface area contributed by atoms with Gasteiger partial charge in [0.25, 0.3) is 5.91 Å². The monoisotopic (exact) mass is 283 g/mol. The van der Waals surface area contributed by atoms with E-state index in [-0.39, 0.29) is 12.5 Å². The van der Waals surface area contributed by atoms with Crippen molar-refractivity contribution in [1.29, 1.82) is 0 Å². The van der Waals surface area contributed by atoms with E-state index < -0.39 is 0 Å². The van der Waals surface area contributed by atoms with Gasteiger partial charge in [0.1, 0.15) is 0 Å². The Morgan fingerprint density at radius 2 is 2.10 bits per heavy atom. The molecule has 0 aliphatic heterocycles. The standard InChI is InChI=1S/C14H13N5O2/c1-19-9-11(7-16-19)13(20)15-8-12-17-18-14(21-12)10-5-3-2-4-6-10/h2-7,9H,8H2,1H3,(H,15,20). The summed E-state index contributed by atoms with van der Waals surface area (Å²) in [6.07, 6.45) is 3.14. The Balaban J connectivity index is 1.64. The zero-order chi connectivity index (χ0) is 14.7. The van der Waals surface area contributed by atoms with Crippen molar-refractivity contribution in [3.8, 4) is 11.5 Å². The van der Waals surface area contributed by atoms with Crippen LogP contribution < -0.4 is 5.32 Å². The van der Waals surface area contributed by atoms with Crippen LogP contribution in [0.4, 0.5) is 0 Å². The molecule has 0 spiro atoms. The van der Waals surface area contributed by atoms with E-state index >= 15 is 0 Å². The van der Waals surface area contributed by atoms with Crippen LogP contribution in [0.1, 0.15) is 16.2 Å². The van der Waals surface area contributed by atoms with Crippen LogP contribution in [0.25, 0.3) is 11.5 Å². The van der Waals surface area contributed by atoms with Crippen molar-refractivity contribution < 1.29 is 9.21 Å². The normalized spacial score (nSPS) is 10.5. The molecule has 0 bridgehead atoms. The minimum atomic E-state index is -0.234. The third kappa shape index (κ3) is 2.97. The van der Waals surface area contributed by atoms with Gasteiger partial charge < -0.3 is 9.73 Å². The molecule has 0 unspecified atom stereocenters. The molecule has 1 amide bonds. The summed E-state index contributed by atoms with van der Waals surface area (Å²) in [4.78, 5) is 11.9. The van der Waals surface area contributed by atoms with Gasteiger partial charge in [0.05, 0.1) is 18.3 Å². The Morgan fingerprint density at radius 1 is 1.29 bits per heavy atom. The Labute approximate surface area is 120 Å². The van der Waals surface area contributed by atoms with Crippen molar-refractivity contribution >= 4 is 5.91 Å². The summed E-state index contributed by atoms with van der Waals surface area (Å²) in [5, 5.41) is 14.5. The lowest BCUT2D eigenvalue weighted by Gasteiger charge is -1.98. The van der Waals surface area contributed by atoms with E-state index in [1.54, 1.807) is 17.9 Å². The van der Waals surface area contributed by atoms with Gasteiger partial charge in [0.2, 0.25) is 11.8 Å². The van der Waals surface area contributed by atoms with E-state index in [0.29, 0.717) is 17.3 Å². The van der Waals surface area contributed by atoms with Crippen molar-refractivity contribution in [3.05, 3.63) is 54.2 Å².